The molecule has 1 spiro atoms. The van der Waals surface area contributed by atoms with Gasteiger partial charge in [-0.15, -0.1) is 0 Å². The number of amides is 2. The highest BCUT2D eigenvalue weighted by Crippen LogP contribution is 2.37. The van der Waals surface area contributed by atoms with Crippen molar-refractivity contribution >= 4 is 23.4 Å². The van der Waals surface area contributed by atoms with Crippen molar-refractivity contribution < 1.29 is 37.7 Å². The van der Waals surface area contributed by atoms with E-state index in [1.165, 1.54) is 17.9 Å². The van der Waals surface area contributed by atoms with Gasteiger partial charge in [0.15, 0.2) is 5.79 Å². The summed E-state index contributed by atoms with van der Waals surface area (Å²) in [7, 11) is 1.57. The molecule has 0 bridgehead atoms. The fourth-order valence-electron chi connectivity index (χ4n) is 4.33. The van der Waals surface area contributed by atoms with Gasteiger partial charge in [0.1, 0.15) is 24.8 Å². The first-order valence-electron chi connectivity index (χ1n) is 11.0. The van der Waals surface area contributed by atoms with Crippen molar-refractivity contribution in [1.29, 1.82) is 0 Å². The van der Waals surface area contributed by atoms with E-state index in [1.807, 2.05) is 4.90 Å². The Morgan fingerprint density at radius 3 is 2.79 bits per heavy atom. The SMILES string of the molecule is COCOC[C@H]1COC2(CCN(c3ccc(N4CC(CNC(C)=O)OC4=O)cc3F)CC2)O1. The second-order valence-corrected chi connectivity index (χ2v) is 8.42. The topological polar surface area (TPSA) is 98.8 Å². The lowest BCUT2D eigenvalue weighted by atomic mass is 10.0. The Morgan fingerprint density at radius 1 is 1.30 bits per heavy atom. The maximum Gasteiger partial charge on any atom is 0.414 e. The zero-order valence-corrected chi connectivity index (χ0v) is 18.9. The summed E-state index contributed by atoms with van der Waals surface area (Å²) in [4.78, 5) is 26.6. The zero-order chi connectivity index (χ0) is 23.4. The normalized spacial score (nSPS) is 24.4. The average molecular weight is 467 g/mol. The predicted molar refractivity (Wildman–Crippen MR) is 116 cm³/mol. The van der Waals surface area contributed by atoms with E-state index >= 15 is 4.39 Å². The number of hydrogen-bond acceptors (Lipinski definition) is 8. The van der Waals surface area contributed by atoms with Crippen LogP contribution >= 0.6 is 0 Å². The molecule has 0 aromatic heterocycles. The molecule has 1 aromatic rings. The van der Waals surface area contributed by atoms with Crippen LogP contribution in [-0.2, 0) is 28.5 Å². The standard InChI is InChI=1S/C22H30FN3O7/c1-15(27)24-10-17-11-26(21(28)32-17)16-3-4-20(19(23)9-16)25-7-5-22(6-8-25)31-13-18(33-22)12-30-14-29-2/h3-4,9,17-18H,5-8,10-14H2,1-2H3,(H,24,27)/t17?,18-/m0/s1. The van der Waals surface area contributed by atoms with Crippen LogP contribution in [0.4, 0.5) is 20.6 Å². The molecule has 3 aliphatic rings. The van der Waals surface area contributed by atoms with Crippen LogP contribution in [0.15, 0.2) is 18.2 Å². The van der Waals surface area contributed by atoms with Gasteiger partial charge >= 0.3 is 6.09 Å². The van der Waals surface area contributed by atoms with Crippen molar-refractivity contribution in [3.63, 3.8) is 0 Å². The summed E-state index contributed by atoms with van der Waals surface area (Å²) in [6.45, 7) is 4.08. The molecule has 3 aliphatic heterocycles. The first-order valence-corrected chi connectivity index (χ1v) is 11.0. The van der Waals surface area contributed by atoms with Crippen molar-refractivity contribution in [2.24, 2.45) is 0 Å². The molecule has 0 radical (unpaired) electrons. The molecule has 0 saturated carbocycles. The third-order valence-corrected chi connectivity index (χ3v) is 5.98. The maximum absolute atomic E-state index is 15.0. The number of benzene rings is 1. The molecular formula is C22H30FN3O7. The first kappa shape index (κ1) is 23.7. The number of rotatable bonds is 8. The fourth-order valence-corrected chi connectivity index (χ4v) is 4.33. The summed E-state index contributed by atoms with van der Waals surface area (Å²) < 4.78 is 42.5. The van der Waals surface area contributed by atoms with E-state index in [0.29, 0.717) is 50.5 Å². The number of carbonyl (C=O) groups is 2. The largest absolute Gasteiger partial charge is 0.442 e. The van der Waals surface area contributed by atoms with Crippen molar-refractivity contribution in [2.75, 3.05) is 63.1 Å². The molecule has 4 rings (SSSR count). The lowest BCUT2D eigenvalue weighted by molar-refractivity contribution is -0.187. The minimum atomic E-state index is -0.657. The molecule has 33 heavy (non-hydrogen) atoms. The van der Waals surface area contributed by atoms with E-state index < -0.39 is 23.8 Å². The maximum atomic E-state index is 15.0. The third kappa shape index (κ3) is 5.55. The molecule has 3 heterocycles. The van der Waals surface area contributed by atoms with Crippen LogP contribution in [0.2, 0.25) is 0 Å². The van der Waals surface area contributed by atoms with Crippen LogP contribution in [0.5, 0.6) is 0 Å². The van der Waals surface area contributed by atoms with Gasteiger partial charge in [-0.05, 0) is 18.2 Å². The molecule has 2 atom stereocenters. The molecule has 1 aromatic carbocycles. The van der Waals surface area contributed by atoms with Gasteiger partial charge in [-0.2, -0.15) is 0 Å². The van der Waals surface area contributed by atoms with Crippen molar-refractivity contribution in [1.82, 2.24) is 5.32 Å². The Hall–Kier alpha value is -2.47. The van der Waals surface area contributed by atoms with Crippen LogP contribution in [0.1, 0.15) is 19.8 Å². The second kappa shape index (κ2) is 10.2. The van der Waals surface area contributed by atoms with Gasteiger partial charge in [0.05, 0.1) is 37.7 Å². The second-order valence-electron chi connectivity index (χ2n) is 8.42. The number of methoxy groups -OCH3 is 1. The number of carbonyl (C=O) groups excluding carboxylic acids is 2. The van der Waals surface area contributed by atoms with Crippen LogP contribution < -0.4 is 15.1 Å². The fraction of sp³-hybridized carbons (Fsp3) is 0.636. The van der Waals surface area contributed by atoms with Gasteiger partial charge in [-0.3, -0.25) is 9.69 Å². The smallest absolute Gasteiger partial charge is 0.414 e. The molecular weight excluding hydrogens is 437 g/mol. The van der Waals surface area contributed by atoms with Gasteiger partial charge in [0.25, 0.3) is 0 Å². The summed E-state index contributed by atoms with van der Waals surface area (Å²) in [5, 5.41) is 2.62. The summed E-state index contributed by atoms with van der Waals surface area (Å²) >= 11 is 0. The number of nitrogens with one attached hydrogen (secondary N) is 1. The van der Waals surface area contributed by atoms with Crippen LogP contribution in [0.3, 0.4) is 0 Å². The molecule has 3 saturated heterocycles. The Bertz CT molecular complexity index is 862. The van der Waals surface area contributed by atoms with Gasteiger partial charge < -0.3 is 33.9 Å². The summed E-state index contributed by atoms with van der Waals surface area (Å²) in [6.07, 6.45) is 0.0446. The van der Waals surface area contributed by atoms with Crippen molar-refractivity contribution in [3.8, 4) is 0 Å². The number of cyclic esters (lactones) is 1. The van der Waals surface area contributed by atoms with Gasteiger partial charge in [-0.25, -0.2) is 9.18 Å². The molecule has 1 unspecified atom stereocenters. The summed E-state index contributed by atoms with van der Waals surface area (Å²) in [6, 6.07) is 4.72. The van der Waals surface area contributed by atoms with E-state index in [-0.39, 0.29) is 31.9 Å². The Kier molecular flexibility index (Phi) is 7.32. The monoisotopic (exact) mass is 467 g/mol. The van der Waals surface area contributed by atoms with Gasteiger partial charge in [0.2, 0.25) is 5.91 Å². The number of piperidine rings is 1. The number of anilines is 2. The van der Waals surface area contributed by atoms with E-state index in [2.05, 4.69) is 5.32 Å². The quantitative estimate of drug-likeness (QED) is 0.455. The Balaban J connectivity index is 1.32. The number of nitrogens with zero attached hydrogens (tertiary/aromatic N) is 2. The minimum absolute atomic E-state index is 0.141. The van der Waals surface area contributed by atoms with E-state index in [1.54, 1.807) is 19.2 Å². The summed E-state index contributed by atoms with van der Waals surface area (Å²) in [5.74, 6) is -1.27. The van der Waals surface area contributed by atoms with Crippen molar-refractivity contribution in [3.05, 3.63) is 24.0 Å². The lowest BCUT2D eigenvalue weighted by Gasteiger charge is -2.39. The predicted octanol–water partition coefficient (Wildman–Crippen LogP) is 1.62. The number of halogens is 1. The molecule has 1 N–H and O–H groups in total. The zero-order valence-electron chi connectivity index (χ0n) is 18.9. The summed E-state index contributed by atoms with van der Waals surface area (Å²) in [5.41, 5.74) is 0.885. The van der Waals surface area contributed by atoms with Gasteiger partial charge in [0, 0.05) is 40.0 Å². The lowest BCUT2D eigenvalue weighted by Crippen LogP contribution is -2.46. The highest BCUT2D eigenvalue weighted by molar-refractivity contribution is 5.90. The highest BCUT2D eigenvalue weighted by atomic mass is 19.1. The van der Waals surface area contributed by atoms with E-state index in [4.69, 9.17) is 23.7 Å². The first-order chi connectivity index (χ1) is 15.9. The number of hydrogen-bond donors (Lipinski definition) is 1. The minimum Gasteiger partial charge on any atom is -0.442 e. The average Bonchev–Trinajstić information content (AvgIpc) is 3.36. The van der Waals surface area contributed by atoms with Gasteiger partial charge in [-0.1, -0.05) is 0 Å². The number of ether oxygens (including phenoxy) is 5. The Morgan fingerprint density at radius 2 is 2.09 bits per heavy atom. The van der Waals surface area contributed by atoms with Crippen LogP contribution in [0.25, 0.3) is 0 Å². The van der Waals surface area contributed by atoms with Crippen molar-refractivity contribution in [2.45, 2.75) is 37.8 Å². The highest BCUT2D eigenvalue weighted by Gasteiger charge is 2.44. The van der Waals surface area contributed by atoms with Crippen LogP contribution in [-0.4, -0.2) is 83.3 Å². The van der Waals surface area contributed by atoms with E-state index in [0.717, 1.165) is 0 Å². The molecule has 0 aliphatic carbocycles. The molecule has 182 valence electrons. The van der Waals surface area contributed by atoms with E-state index in [9.17, 15) is 9.59 Å². The molecule has 3 fully saturated rings. The Labute approximate surface area is 191 Å². The van der Waals surface area contributed by atoms with Crippen LogP contribution in [0, 0.1) is 5.82 Å². The third-order valence-electron chi connectivity index (χ3n) is 5.98. The molecule has 11 heteroatoms. The molecule has 2 amide bonds. The molecule has 10 nitrogen and oxygen atoms in total.